The molecule has 1 atom stereocenters. The predicted octanol–water partition coefficient (Wildman–Crippen LogP) is 6.06. The van der Waals surface area contributed by atoms with Gasteiger partial charge in [0.25, 0.3) is 0 Å². The average molecular weight is 410 g/mol. The molecule has 1 aliphatic carbocycles. The lowest BCUT2D eigenvalue weighted by Gasteiger charge is -2.34. The number of likely N-dealkylation sites (tertiary alicyclic amines) is 1. The lowest BCUT2D eigenvalue weighted by molar-refractivity contribution is 0.145. The Balaban J connectivity index is 1.25. The minimum Gasteiger partial charge on any atom is -0.303 e. The first-order valence-corrected chi connectivity index (χ1v) is 11.6. The molecule has 1 aromatic heterocycles. The zero-order valence-electron chi connectivity index (χ0n) is 19.0. The molecule has 4 rings (SSSR count). The molecule has 0 radical (unpaired) electrons. The summed E-state index contributed by atoms with van der Waals surface area (Å²) in [7, 11) is 0. The van der Waals surface area contributed by atoms with Gasteiger partial charge >= 0.3 is 0 Å². The van der Waals surface area contributed by atoms with Crippen molar-refractivity contribution in [1.82, 2.24) is 15.1 Å². The van der Waals surface area contributed by atoms with Gasteiger partial charge in [-0.2, -0.15) is 10.2 Å². The van der Waals surface area contributed by atoms with Crippen LogP contribution in [-0.2, 0) is 6.42 Å². The Labute approximate surface area is 181 Å². The molecule has 2 aromatic rings. The molecular weight excluding hydrogens is 373 g/mol. The maximum absolute atomic E-state index is 13.6. The normalized spacial score (nSPS) is 21.2. The number of aryl methyl sites for hydroxylation is 2. The third-order valence-corrected chi connectivity index (χ3v) is 7.33. The number of halogens is 1. The van der Waals surface area contributed by atoms with Gasteiger partial charge in [0, 0.05) is 5.56 Å². The van der Waals surface area contributed by atoms with Crippen LogP contribution in [0.15, 0.2) is 30.3 Å². The molecule has 2 heterocycles. The molecule has 2 fully saturated rings. The Morgan fingerprint density at radius 2 is 1.87 bits per heavy atom. The summed E-state index contributed by atoms with van der Waals surface area (Å²) in [5.74, 6) is 0.624. The van der Waals surface area contributed by atoms with Crippen molar-refractivity contribution in [2.24, 2.45) is 16.7 Å². The van der Waals surface area contributed by atoms with Crippen LogP contribution in [0.1, 0.15) is 64.1 Å². The average Bonchev–Trinajstić information content (AvgIpc) is 3.39. The second-order valence-electron chi connectivity index (χ2n) is 10.8. The topological polar surface area (TPSA) is 29.0 Å². The van der Waals surface area contributed by atoms with E-state index in [2.05, 4.69) is 41.9 Å². The lowest BCUT2D eigenvalue weighted by Crippen LogP contribution is -2.37. The summed E-state index contributed by atoms with van der Waals surface area (Å²) in [5, 5.41) is 8.82. The lowest BCUT2D eigenvalue weighted by atomic mass is 9.88. The molecule has 4 heteroatoms. The van der Waals surface area contributed by atoms with Gasteiger partial charge in [0.2, 0.25) is 0 Å². The smallest absolute Gasteiger partial charge is 0.123 e. The summed E-state index contributed by atoms with van der Waals surface area (Å²) < 4.78 is 13.6. The van der Waals surface area contributed by atoms with E-state index in [1.165, 1.54) is 57.8 Å². The largest absolute Gasteiger partial charge is 0.303 e. The molecule has 1 spiro atoms. The van der Waals surface area contributed by atoms with Crippen molar-refractivity contribution in [3.8, 4) is 11.3 Å². The van der Waals surface area contributed by atoms with Crippen LogP contribution in [0.4, 0.5) is 4.39 Å². The Morgan fingerprint density at radius 3 is 2.53 bits per heavy atom. The van der Waals surface area contributed by atoms with E-state index in [0.29, 0.717) is 10.8 Å². The van der Waals surface area contributed by atoms with E-state index in [9.17, 15) is 4.39 Å². The zero-order valence-corrected chi connectivity index (χ0v) is 19.0. The number of rotatable bonds is 6. The maximum Gasteiger partial charge on any atom is 0.123 e. The third-order valence-electron chi connectivity index (χ3n) is 7.33. The van der Waals surface area contributed by atoms with E-state index in [1.54, 1.807) is 12.1 Å². The van der Waals surface area contributed by atoms with Gasteiger partial charge in [-0.05, 0) is 112 Å². The van der Waals surface area contributed by atoms with Crippen molar-refractivity contribution in [3.63, 3.8) is 0 Å². The molecule has 1 aromatic carbocycles. The van der Waals surface area contributed by atoms with E-state index in [-0.39, 0.29) is 5.82 Å². The molecule has 1 saturated carbocycles. The van der Waals surface area contributed by atoms with E-state index < -0.39 is 0 Å². The first-order chi connectivity index (χ1) is 14.2. The number of hydrogen-bond donors (Lipinski definition) is 0. The van der Waals surface area contributed by atoms with Crippen molar-refractivity contribution in [2.45, 2.75) is 66.2 Å². The maximum atomic E-state index is 13.6. The number of piperidine rings is 1. The second kappa shape index (κ2) is 8.37. The van der Waals surface area contributed by atoms with E-state index in [0.717, 1.165) is 34.9 Å². The second-order valence-corrected chi connectivity index (χ2v) is 10.8. The van der Waals surface area contributed by atoms with Gasteiger partial charge in [0.15, 0.2) is 0 Å². The zero-order chi connectivity index (χ0) is 21.4. The monoisotopic (exact) mass is 409 g/mol. The van der Waals surface area contributed by atoms with Crippen molar-refractivity contribution in [2.75, 3.05) is 19.6 Å². The highest BCUT2D eigenvalue weighted by Gasteiger charge is 2.53. The first kappa shape index (κ1) is 21.4. The SMILES string of the molecule is Cc1ccc(F)cc1-c1ccc(CCC2CC23CCN(CCC(C)(C)C)CC3)nn1. The Kier molecular flexibility index (Phi) is 5.98. The number of aromatic nitrogens is 2. The van der Waals surface area contributed by atoms with Crippen molar-refractivity contribution in [1.29, 1.82) is 0 Å². The molecule has 30 heavy (non-hydrogen) atoms. The van der Waals surface area contributed by atoms with E-state index in [4.69, 9.17) is 0 Å². The molecule has 0 N–H and O–H groups in total. The highest BCUT2D eigenvalue weighted by atomic mass is 19.1. The van der Waals surface area contributed by atoms with Gasteiger partial charge in [-0.15, -0.1) is 0 Å². The molecule has 0 bridgehead atoms. The predicted molar refractivity (Wildman–Crippen MR) is 121 cm³/mol. The van der Waals surface area contributed by atoms with Crippen molar-refractivity contribution >= 4 is 0 Å². The third kappa shape index (κ3) is 5.08. The van der Waals surface area contributed by atoms with Crippen LogP contribution in [0.2, 0.25) is 0 Å². The molecule has 1 unspecified atom stereocenters. The quantitative estimate of drug-likeness (QED) is 0.580. The number of hydrogen-bond acceptors (Lipinski definition) is 3. The summed E-state index contributed by atoms with van der Waals surface area (Å²) in [6.45, 7) is 12.8. The Bertz CT molecular complexity index is 861. The summed E-state index contributed by atoms with van der Waals surface area (Å²) in [6.07, 6.45) is 7.63. The van der Waals surface area contributed by atoms with Crippen LogP contribution in [0.25, 0.3) is 11.3 Å². The van der Waals surface area contributed by atoms with Crippen molar-refractivity contribution in [3.05, 3.63) is 47.4 Å². The summed E-state index contributed by atoms with van der Waals surface area (Å²) in [6, 6.07) is 8.88. The van der Waals surface area contributed by atoms with Crippen molar-refractivity contribution < 1.29 is 4.39 Å². The highest BCUT2D eigenvalue weighted by molar-refractivity contribution is 5.62. The summed E-state index contributed by atoms with van der Waals surface area (Å²) >= 11 is 0. The summed E-state index contributed by atoms with van der Waals surface area (Å²) in [4.78, 5) is 2.67. The van der Waals surface area contributed by atoms with Crippen LogP contribution in [0.3, 0.4) is 0 Å². The van der Waals surface area contributed by atoms with Crippen LogP contribution in [0, 0.1) is 29.5 Å². The fourth-order valence-electron chi connectivity index (χ4n) is 5.00. The van der Waals surface area contributed by atoms with Gasteiger partial charge < -0.3 is 4.90 Å². The molecule has 162 valence electrons. The van der Waals surface area contributed by atoms with Gasteiger partial charge in [-0.3, -0.25) is 0 Å². The highest BCUT2D eigenvalue weighted by Crippen LogP contribution is 2.61. The molecular formula is C26H36FN3. The fourth-order valence-corrected chi connectivity index (χ4v) is 5.00. The Hall–Kier alpha value is -1.81. The minimum atomic E-state index is -0.232. The number of benzene rings is 1. The van der Waals surface area contributed by atoms with Crippen LogP contribution in [0.5, 0.6) is 0 Å². The van der Waals surface area contributed by atoms with Gasteiger partial charge in [0.1, 0.15) is 5.82 Å². The van der Waals surface area contributed by atoms with Crippen LogP contribution < -0.4 is 0 Å². The summed E-state index contributed by atoms with van der Waals surface area (Å²) in [5.41, 5.74) is 4.70. The number of nitrogens with zero attached hydrogens (tertiary/aromatic N) is 3. The molecule has 1 saturated heterocycles. The van der Waals surface area contributed by atoms with Gasteiger partial charge in [-0.1, -0.05) is 26.8 Å². The van der Waals surface area contributed by atoms with E-state index in [1.807, 2.05) is 13.0 Å². The van der Waals surface area contributed by atoms with Crippen LogP contribution in [-0.4, -0.2) is 34.7 Å². The Morgan fingerprint density at radius 1 is 1.10 bits per heavy atom. The molecule has 1 aliphatic heterocycles. The minimum absolute atomic E-state index is 0.232. The van der Waals surface area contributed by atoms with E-state index >= 15 is 0 Å². The van der Waals surface area contributed by atoms with Gasteiger partial charge in [-0.25, -0.2) is 4.39 Å². The standard InChI is InChI=1S/C26H36FN3/c1-19-5-7-21(27)17-23(19)24-10-9-22(28-29-24)8-6-20-18-26(20)12-15-30(16-13-26)14-11-25(2,3)4/h5,7,9-10,17,20H,6,8,11-16,18H2,1-4H3. The molecule has 2 aliphatic rings. The van der Waals surface area contributed by atoms with Crippen LogP contribution >= 0.6 is 0 Å². The molecule has 0 amide bonds. The fraction of sp³-hybridized carbons (Fsp3) is 0.615. The first-order valence-electron chi connectivity index (χ1n) is 11.6. The van der Waals surface area contributed by atoms with Gasteiger partial charge in [0.05, 0.1) is 11.4 Å². The molecule has 3 nitrogen and oxygen atoms in total.